The lowest BCUT2D eigenvalue weighted by Gasteiger charge is -2.13. The summed E-state index contributed by atoms with van der Waals surface area (Å²) in [6.45, 7) is 0.639. The topological polar surface area (TPSA) is 187 Å². The van der Waals surface area contributed by atoms with E-state index in [0.717, 1.165) is 0 Å². The van der Waals surface area contributed by atoms with Crippen LogP contribution >= 0.6 is 0 Å². The number of likely N-dealkylation sites (N-methyl/N-ethyl adjacent to an activating group) is 1. The van der Waals surface area contributed by atoms with Gasteiger partial charge in [0.15, 0.2) is 0 Å². The zero-order chi connectivity index (χ0) is 21.2. The maximum absolute atomic E-state index is 9.55. The number of benzene rings is 1. The minimum Gasteiger partial charge on any atom is -0.478 e. The smallest absolute Gasteiger partial charge is 0.328 e. The molecule has 0 fully saturated rings. The van der Waals surface area contributed by atoms with E-state index in [1.54, 1.807) is 0 Å². The average molecular weight is 382 g/mol. The number of carboxylic acids is 4. The lowest BCUT2D eigenvalue weighted by molar-refractivity contribution is -0.134. The number of carbonyl (C=O) groups is 4. The molecule has 27 heavy (non-hydrogen) atoms. The molecule has 148 valence electrons. The van der Waals surface area contributed by atoms with Gasteiger partial charge < -0.3 is 31.5 Å². The Labute approximate surface area is 155 Å². The monoisotopic (exact) mass is 382 g/mol. The van der Waals surface area contributed by atoms with Crippen molar-refractivity contribution >= 4 is 23.9 Å². The summed E-state index contributed by atoms with van der Waals surface area (Å²) in [4.78, 5) is 38.2. The Hall–Kier alpha value is -3.50. The molecular weight excluding hydrogens is 360 g/mol. The average Bonchev–Trinajstić information content (AvgIpc) is 2.61. The van der Waals surface area contributed by atoms with Crippen LogP contribution < -0.4 is 11.1 Å². The molecule has 0 aliphatic carbocycles. The standard InChI is InChI=1S/C9H14N2.2C4H4O4/c1-11-9(7-10)8-5-3-2-4-6-8;2*5-3(6)1-2-4(7)8/h2-6,9,11H,7,10H2,1H3;2*1-2H,(H,5,6)(H,7,8)/b;2*2-1-. The molecule has 0 bridgehead atoms. The molecule has 0 amide bonds. The zero-order valence-electron chi connectivity index (χ0n) is 14.5. The highest BCUT2D eigenvalue weighted by molar-refractivity contribution is 5.90. The highest BCUT2D eigenvalue weighted by Gasteiger charge is 2.03. The Morgan fingerprint density at radius 1 is 0.852 bits per heavy atom. The molecule has 0 radical (unpaired) electrons. The van der Waals surface area contributed by atoms with Gasteiger partial charge in [-0.15, -0.1) is 0 Å². The van der Waals surface area contributed by atoms with Crippen LogP contribution in [-0.4, -0.2) is 57.9 Å². The number of hydrogen-bond acceptors (Lipinski definition) is 6. The van der Waals surface area contributed by atoms with Crippen LogP contribution in [0.4, 0.5) is 0 Å². The Morgan fingerprint density at radius 2 is 1.19 bits per heavy atom. The minimum atomic E-state index is -1.26. The van der Waals surface area contributed by atoms with Gasteiger partial charge >= 0.3 is 23.9 Å². The van der Waals surface area contributed by atoms with Crippen LogP contribution in [0, 0.1) is 0 Å². The minimum absolute atomic E-state index is 0.288. The number of hydrogen-bond donors (Lipinski definition) is 6. The molecule has 0 spiro atoms. The zero-order valence-corrected chi connectivity index (χ0v) is 14.5. The van der Waals surface area contributed by atoms with Crippen molar-refractivity contribution in [3.05, 3.63) is 60.2 Å². The largest absolute Gasteiger partial charge is 0.478 e. The molecule has 0 heterocycles. The summed E-state index contributed by atoms with van der Waals surface area (Å²) >= 11 is 0. The Balaban J connectivity index is 0. The summed E-state index contributed by atoms with van der Waals surface area (Å²) in [6.07, 6.45) is 2.23. The maximum atomic E-state index is 9.55. The molecular formula is C17H22N2O8. The molecule has 1 aromatic carbocycles. The normalized spacial score (nSPS) is 10.9. The maximum Gasteiger partial charge on any atom is 0.328 e. The molecule has 1 unspecified atom stereocenters. The Bertz CT molecular complexity index is 586. The van der Waals surface area contributed by atoms with Crippen LogP contribution in [0.3, 0.4) is 0 Å². The summed E-state index contributed by atoms with van der Waals surface area (Å²) in [7, 11) is 1.92. The fraction of sp³-hybridized carbons (Fsp3) is 0.176. The second-order valence-electron chi connectivity index (χ2n) is 4.51. The molecule has 1 rings (SSSR count). The number of carboxylic acid groups (broad SMARTS) is 4. The number of nitrogens with two attached hydrogens (primary N) is 1. The van der Waals surface area contributed by atoms with E-state index in [1.807, 2.05) is 25.2 Å². The number of rotatable bonds is 7. The van der Waals surface area contributed by atoms with E-state index in [1.165, 1.54) is 5.56 Å². The molecule has 0 saturated heterocycles. The lowest BCUT2D eigenvalue weighted by Crippen LogP contribution is -2.24. The van der Waals surface area contributed by atoms with Crippen molar-refractivity contribution in [1.82, 2.24) is 5.32 Å². The fourth-order valence-electron chi connectivity index (χ4n) is 1.39. The van der Waals surface area contributed by atoms with E-state index in [4.69, 9.17) is 26.2 Å². The van der Waals surface area contributed by atoms with Crippen LogP contribution in [0.1, 0.15) is 11.6 Å². The first kappa shape index (κ1) is 25.7. The molecule has 0 saturated carbocycles. The second kappa shape index (κ2) is 16.0. The quantitative estimate of drug-likeness (QED) is 0.359. The van der Waals surface area contributed by atoms with Gasteiger partial charge in [-0.1, -0.05) is 30.3 Å². The van der Waals surface area contributed by atoms with Crippen LogP contribution in [0.5, 0.6) is 0 Å². The second-order valence-corrected chi connectivity index (χ2v) is 4.51. The summed E-state index contributed by atoms with van der Waals surface area (Å²) in [5.74, 6) is -5.03. The van der Waals surface area contributed by atoms with Crippen molar-refractivity contribution in [2.45, 2.75) is 6.04 Å². The van der Waals surface area contributed by atoms with Crippen molar-refractivity contribution in [3.8, 4) is 0 Å². The molecule has 7 N–H and O–H groups in total. The van der Waals surface area contributed by atoms with E-state index in [0.29, 0.717) is 30.8 Å². The molecule has 0 aromatic heterocycles. The Morgan fingerprint density at radius 3 is 1.41 bits per heavy atom. The van der Waals surface area contributed by atoms with Crippen molar-refractivity contribution in [2.75, 3.05) is 13.6 Å². The van der Waals surface area contributed by atoms with E-state index < -0.39 is 23.9 Å². The molecule has 10 heteroatoms. The van der Waals surface area contributed by atoms with Gasteiger partial charge in [0, 0.05) is 36.9 Å². The van der Waals surface area contributed by atoms with Gasteiger partial charge in [0.2, 0.25) is 0 Å². The van der Waals surface area contributed by atoms with Gasteiger partial charge in [-0.05, 0) is 12.6 Å². The third-order valence-corrected chi connectivity index (χ3v) is 2.52. The van der Waals surface area contributed by atoms with Crippen LogP contribution in [-0.2, 0) is 19.2 Å². The third kappa shape index (κ3) is 18.7. The predicted octanol–water partition coefficient (Wildman–Crippen LogP) is 0.329. The van der Waals surface area contributed by atoms with Crippen molar-refractivity contribution < 1.29 is 39.6 Å². The Kier molecular flexibility index (Phi) is 15.2. The van der Waals surface area contributed by atoms with Crippen LogP contribution in [0.15, 0.2) is 54.6 Å². The van der Waals surface area contributed by atoms with Crippen molar-refractivity contribution in [2.24, 2.45) is 5.73 Å². The summed E-state index contributed by atoms with van der Waals surface area (Å²) in [6, 6.07) is 10.5. The number of aliphatic carboxylic acids is 4. The van der Waals surface area contributed by atoms with Gasteiger partial charge in [-0.3, -0.25) is 0 Å². The van der Waals surface area contributed by atoms with E-state index in [9.17, 15) is 19.2 Å². The van der Waals surface area contributed by atoms with Gasteiger partial charge in [0.1, 0.15) is 0 Å². The van der Waals surface area contributed by atoms with Gasteiger partial charge in [-0.2, -0.15) is 0 Å². The molecule has 0 aliphatic rings. The first-order chi connectivity index (χ1) is 12.6. The molecule has 1 aromatic rings. The van der Waals surface area contributed by atoms with E-state index in [-0.39, 0.29) is 6.04 Å². The van der Waals surface area contributed by atoms with Crippen LogP contribution in [0.25, 0.3) is 0 Å². The summed E-state index contributed by atoms with van der Waals surface area (Å²) < 4.78 is 0. The highest BCUT2D eigenvalue weighted by atomic mass is 16.4. The molecule has 0 aliphatic heterocycles. The van der Waals surface area contributed by atoms with Crippen LogP contribution in [0.2, 0.25) is 0 Å². The van der Waals surface area contributed by atoms with Gasteiger partial charge in [0.25, 0.3) is 0 Å². The highest BCUT2D eigenvalue weighted by Crippen LogP contribution is 2.09. The summed E-state index contributed by atoms with van der Waals surface area (Å²) in [5.41, 5.74) is 6.80. The fourth-order valence-corrected chi connectivity index (χ4v) is 1.39. The summed E-state index contributed by atoms with van der Waals surface area (Å²) in [5, 5.41) is 34.4. The number of nitrogens with one attached hydrogen (secondary N) is 1. The van der Waals surface area contributed by atoms with Crippen molar-refractivity contribution in [3.63, 3.8) is 0 Å². The van der Waals surface area contributed by atoms with Gasteiger partial charge in [-0.25, -0.2) is 19.2 Å². The first-order valence-electron chi connectivity index (χ1n) is 7.34. The third-order valence-electron chi connectivity index (χ3n) is 2.52. The van der Waals surface area contributed by atoms with E-state index in [2.05, 4.69) is 17.4 Å². The van der Waals surface area contributed by atoms with Gasteiger partial charge in [0.05, 0.1) is 0 Å². The molecule has 1 atom stereocenters. The lowest BCUT2D eigenvalue weighted by atomic mass is 10.1. The SMILES string of the molecule is CNC(CN)c1ccccc1.O=C(O)/C=C\C(=O)O.O=C(O)/C=C\C(=O)O. The van der Waals surface area contributed by atoms with E-state index >= 15 is 0 Å². The predicted molar refractivity (Wildman–Crippen MR) is 96.1 cm³/mol. The van der Waals surface area contributed by atoms with Crippen molar-refractivity contribution in [1.29, 1.82) is 0 Å². The molecule has 10 nitrogen and oxygen atoms in total. The first-order valence-corrected chi connectivity index (χ1v) is 7.34.